The Morgan fingerprint density at radius 2 is 1.80 bits per heavy atom. The Kier molecular flexibility index (Phi) is 7.18. The van der Waals surface area contributed by atoms with Crippen LogP contribution in [-0.2, 0) is 23.9 Å². The average molecular weight is 488 g/mol. The molecule has 1 amide bonds. The number of rotatable bonds is 7. The predicted octanol–water partition coefficient (Wildman–Crippen LogP) is 4.44. The second-order valence-corrected chi connectivity index (χ2v) is 12.2. The minimum atomic E-state index is -1.07. The molecule has 7 atom stereocenters. The smallest absolute Gasteiger partial charge is 0.326 e. The molecular formula is C28H41NO6. The van der Waals surface area contributed by atoms with E-state index >= 15 is 0 Å². The molecule has 7 nitrogen and oxygen atoms in total. The Bertz CT molecular complexity index is 924. The number of carboxylic acid groups (broad SMARTS) is 1. The standard InChI is InChI=1S/C28H41NO6/c1-16(2)25(26(33)34)29-23(31)9-10-24(32)35-22-8-7-20-19-6-5-17-15-18(30)11-13-27(17,3)21(19)12-14-28(20,22)4/h15-16,19-22,25H,5-14H2,1-4H3,(H,29,31)(H,33,34)/t19-,20-,21-,22-,25-,27+,28+/m1/s1. The molecule has 3 fully saturated rings. The van der Waals surface area contributed by atoms with Crippen LogP contribution in [0.15, 0.2) is 11.6 Å². The summed E-state index contributed by atoms with van der Waals surface area (Å²) in [5.41, 5.74) is 1.44. The third-order valence-electron chi connectivity index (χ3n) is 9.95. The summed E-state index contributed by atoms with van der Waals surface area (Å²) in [6, 6.07) is -0.960. The van der Waals surface area contributed by atoms with Crippen LogP contribution < -0.4 is 5.32 Å². The van der Waals surface area contributed by atoms with Crippen LogP contribution in [0.1, 0.15) is 91.9 Å². The molecular weight excluding hydrogens is 446 g/mol. The summed E-state index contributed by atoms with van der Waals surface area (Å²) in [4.78, 5) is 48.2. The fourth-order valence-electron chi connectivity index (χ4n) is 7.90. The lowest BCUT2D eigenvalue weighted by Crippen LogP contribution is -2.51. The molecule has 4 aliphatic carbocycles. The van der Waals surface area contributed by atoms with Crippen LogP contribution >= 0.6 is 0 Å². The summed E-state index contributed by atoms with van der Waals surface area (Å²) in [7, 11) is 0. The molecule has 0 unspecified atom stereocenters. The van der Waals surface area contributed by atoms with Crippen molar-refractivity contribution in [1.82, 2.24) is 5.32 Å². The van der Waals surface area contributed by atoms with Crippen molar-refractivity contribution in [1.29, 1.82) is 0 Å². The Morgan fingerprint density at radius 3 is 2.49 bits per heavy atom. The van der Waals surface area contributed by atoms with E-state index in [1.807, 2.05) is 6.08 Å². The maximum absolute atomic E-state index is 12.7. The molecule has 0 aromatic heterocycles. The first-order valence-electron chi connectivity index (χ1n) is 13.4. The van der Waals surface area contributed by atoms with Crippen molar-refractivity contribution in [3.63, 3.8) is 0 Å². The number of ether oxygens (including phenoxy) is 1. The average Bonchev–Trinajstić information content (AvgIpc) is 3.12. The van der Waals surface area contributed by atoms with Crippen LogP contribution in [0.2, 0.25) is 0 Å². The molecule has 0 saturated heterocycles. The lowest BCUT2D eigenvalue weighted by Gasteiger charge is -2.57. The molecule has 0 bridgehead atoms. The number of nitrogens with one attached hydrogen (secondary N) is 1. The van der Waals surface area contributed by atoms with Crippen molar-refractivity contribution < 1.29 is 29.0 Å². The molecule has 0 aromatic rings. The summed E-state index contributed by atoms with van der Waals surface area (Å²) in [6.07, 6.45) is 9.44. The molecule has 7 heteroatoms. The van der Waals surface area contributed by atoms with Gasteiger partial charge in [-0.2, -0.15) is 0 Å². The van der Waals surface area contributed by atoms with E-state index in [1.54, 1.807) is 13.8 Å². The number of carbonyl (C=O) groups excluding carboxylic acids is 3. The van der Waals surface area contributed by atoms with E-state index in [0.717, 1.165) is 44.9 Å². The van der Waals surface area contributed by atoms with Gasteiger partial charge in [-0.15, -0.1) is 0 Å². The van der Waals surface area contributed by atoms with Crippen molar-refractivity contribution in [3.05, 3.63) is 11.6 Å². The van der Waals surface area contributed by atoms with Crippen molar-refractivity contribution in [2.75, 3.05) is 0 Å². The van der Waals surface area contributed by atoms with Crippen molar-refractivity contribution in [3.8, 4) is 0 Å². The van der Waals surface area contributed by atoms with Crippen LogP contribution in [0.4, 0.5) is 0 Å². The maximum atomic E-state index is 12.7. The fourth-order valence-corrected chi connectivity index (χ4v) is 7.90. The summed E-state index contributed by atoms with van der Waals surface area (Å²) in [6.45, 7) is 8.12. The fraction of sp³-hybridized carbons (Fsp3) is 0.786. The maximum Gasteiger partial charge on any atom is 0.326 e. The normalized spacial score (nSPS) is 36.9. The Labute approximate surface area is 208 Å². The number of ketones is 1. The van der Waals surface area contributed by atoms with E-state index in [4.69, 9.17) is 4.74 Å². The van der Waals surface area contributed by atoms with E-state index in [0.29, 0.717) is 24.2 Å². The summed E-state index contributed by atoms with van der Waals surface area (Å²) >= 11 is 0. The highest BCUT2D eigenvalue weighted by atomic mass is 16.5. The summed E-state index contributed by atoms with van der Waals surface area (Å²) < 4.78 is 5.97. The number of allylic oxidation sites excluding steroid dienone is 1. The van der Waals surface area contributed by atoms with E-state index in [2.05, 4.69) is 19.2 Å². The molecule has 0 aliphatic heterocycles. The number of carboxylic acids is 1. The number of esters is 1. The minimum absolute atomic E-state index is 0.0418. The summed E-state index contributed by atoms with van der Waals surface area (Å²) in [5.74, 6) is -0.146. The molecule has 194 valence electrons. The SMILES string of the molecule is CC(C)[C@@H](NC(=O)CCC(=O)O[C@@H]1CC[C@@H]2[C@H]3CCC4=CC(=O)CC[C@]4(C)[C@@H]3CC[C@@]21C)C(=O)O. The highest BCUT2D eigenvalue weighted by Crippen LogP contribution is 2.65. The number of hydrogen-bond donors (Lipinski definition) is 2. The zero-order valence-corrected chi connectivity index (χ0v) is 21.6. The van der Waals surface area contributed by atoms with Gasteiger partial charge in [0.15, 0.2) is 5.78 Å². The molecule has 0 aromatic carbocycles. The number of amides is 1. The highest BCUT2D eigenvalue weighted by molar-refractivity contribution is 5.91. The van der Waals surface area contributed by atoms with E-state index < -0.39 is 17.9 Å². The minimum Gasteiger partial charge on any atom is -0.480 e. The first kappa shape index (κ1) is 25.9. The number of aliphatic carboxylic acids is 1. The summed E-state index contributed by atoms with van der Waals surface area (Å²) in [5, 5.41) is 11.8. The topological polar surface area (TPSA) is 110 Å². The van der Waals surface area contributed by atoms with Gasteiger partial charge in [0.1, 0.15) is 12.1 Å². The quantitative estimate of drug-likeness (QED) is 0.514. The monoisotopic (exact) mass is 487 g/mol. The lowest BCUT2D eigenvalue weighted by molar-refractivity contribution is -0.160. The lowest BCUT2D eigenvalue weighted by atomic mass is 9.47. The van der Waals surface area contributed by atoms with Crippen LogP contribution in [-0.4, -0.2) is 40.9 Å². The van der Waals surface area contributed by atoms with E-state index in [-0.39, 0.29) is 47.4 Å². The largest absolute Gasteiger partial charge is 0.480 e. The van der Waals surface area contributed by atoms with Gasteiger partial charge in [0.05, 0.1) is 6.42 Å². The first-order valence-corrected chi connectivity index (χ1v) is 13.4. The van der Waals surface area contributed by atoms with Crippen molar-refractivity contribution >= 4 is 23.6 Å². The molecule has 3 saturated carbocycles. The van der Waals surface area contributed by atoms with Gasteiger partial charge in [-0.05, 0) is 80.1 Å². The second-order valence-electron chi connectivity index (χ2n) is 12.2. The van der Waals surface area contributed by atoms with Crippen molar-refractivity contribution in [2.24, 2.45) is 34.5 Å². The van der Waals surface area contributed by atoms with E-state index in [9.17, 15) is 24.3 Å². The molecule has 0 radical (unpaired) electrons. The molecule has 4 rings (SSSR count). The van der Waals surface area contributed by atoms with Crippen LogP contribution in [0, 0.1) is 34.5 Å². The van der Waals surface area contributed by atoms with Gasteiger partial charge in [-0.1, -0.05) is 33.3 Å². The Balaban J connectivity index is 1.35. The van der Waals surface area contributed by atoms with Crippen LogP contribution in [0.3, 0.4) is 0 Å². The van der Waals surface area contributed by atoms with Gasteiger partial charge in [-0.3, -0.25) is 14.4 Å². The molecule has 0 spiro atoms. The third kappa shape index (κ3) is 4.79. The first-order chi connectivity index (χ1) is 16.5. The molecule has 4 aliphatic rings. The number of carbonyl (C=O) groups is 4. The van der Waals surface area contributed by atoms with Crippen molar-refractivity contribution in [2.45, 2.75) is 104 Å². The van der Waals surface area contributed by atoms with Gasteiger partial charge in [0.25, 0.3) is 0 Å². The number of fused-ring (bicyclic) bond motifs is 5. The predicted molar refractivity (Wildman–Crippen MR) is 130 cm³/mol. The van der Waals surface area contributed by atoms with Gasteiger partial charge in [-0.25, -0.2) is 4.79 Å². The molecule has 35 heavy (non-hydrogen) atoms. The molecule has 0 heterocycles. The number of hydrogen-bond acceptors (Lipinski definition) is 5. The Hall–Kier alpha value is -2.18. The van der Waals surface area contributed by atoms with Gasteiger partial charge >= 0.3 is 11.9 Å². The third-order valence-corrected chi connectivity index (χ3v) is 9.95. The van der Waals surface area contributed by atoms with Gasteiger partial charge in [0.2, 0.25) is 5.91 Å². The van der Waals surface area contributed by atoms with Crippen LogP contribution in [0.25, 0.3) is 0 Å². The van der Waals surface area contributed by atoms with Gasteiger partial charge < -0.3 is 15.2 Å². The zero-order chi connectivity index (χ0) is 25.5. The van der Waals surface area contributed by atoms with Crippen LogP contribution in [0.5, 0.6) is 0 Å². The Morgan fingerprint density at radius 1 is 1.06 bits per heavy atom. The second kappa shape index (κ2) is 9.70. The zero-order valence-electron chi connectivity index (χ0n) is 21.6. The van der Waals surface area contributed by atoms with E-state index in [1.165, 1.54) is 5.57 Å². The van der Waals surface area contributed by atoms with Gasteiger partial charge in [0, 0.05) is 18.3 Å². The molecule has 2 N–H and O–H groups in total. The highest BCUT2D eigenvalue weighted by Gasteiger charge is 2.59.